The van der Waals surface area contributed by atoms with Crippen LogP contribution in [0.15, 0.2) is 54.6 Å². The molecule has 2 amide bonds. The van der Waals surface area contributed by atoms with Crippen molar-refractivity contribution in [1.29, 1.82) is 0 Å². The zero-order valence-corrected chi connectivity index (χ0v) is 18.3. The molecule has 0 aromatic heterocycles. The average molecular weight is 454 g/mol. The Morgan fingerprint density at radius 1 is 1.09 bits per heavy atom. The normalized spacial score (nSPS) is 14.2. The smallest absolute Gasteiger partial charge is 0.269 e. The molecule has 2 aromatic rings. The second-order valence-electron chi connectivity index (χ2n) is 7.30. The highest BCUT2D eigenvalue weighted by molar-refractivity contribution is 7.80. The van der Waals surface area contributed by atoms with E-state index in [1.165, 1.54) is 24.3 Å². The Balaban J connectivity index is 1.54. The average Bonchev–Trinajstić information content (AvgIpc) is 2.78. The van der Waals surface area contributed by atoms with Crippen molar-refractivity contribution < 1.29 is 14.5 Å². The first kappa shape index (κ1) is 23.0. The molecule has 1 fully saturated rings. The highest BCUT2D eigenvalue weighted by Crippen LogP contribution is 2.15. The fourth-order valence-corrected chi connectivity index (χ4v) is 3.34. The number of anilines is 1. The number of amides is 2. The van der Waals surface area contributed by atoms with Crippen LogP contribution < -0.4 is 10.6 Å². The monoisotopic (exact) mass is 453 g/mol. The zero-order valence-electron chi connectivity index (χ0n) is 17.5. The van der Waals surface area contributed by atoms with Crippen LogP contribution >= 0.6 is 12.2 Å². The third-order valence-electron chi connectivity index (χ3n) is 4.93. The highest BCUT2D eigenvalue weighted by Gasteiger charge is 2.20. The summed E-state index contributed by atoms with van der Waals surface area (Å²) in [5.41, 5.74) is 1.76. The number of nitrogens with one attached hydrogen (secondary N) is 2. The second kappa shape index (κ2) is 10.6. The summed E-state index contributed by atoms with van der Waals surface area (Å²) < 4.78 is 0. The molecule has 3 rings (SSSR count). The maximum Gasteiger partial charge on any atom is 0.269 e. The molecule has 1 heterocycles. The fraction of sp³-hybridized carbons (Fsp3) is 0.227. The van der Waals surface area contributed by atoms with Crippen LogP contribution in [0.5, 0.6) is 0 Å². The van der Waals surface area contributed by atoms with Gasteiger partial charge in [0.15, 0.2) is 5.11 Å². The number of benzene rings is 2. The zero-order chi connectivity index (χ0) is 23.1. The number of likely N-dealkylation sites (N-methyl/N-ethyl adjacent to an activating group) is 1. The van der Waals surface area contributed by atoms with Gasteiger partial charge in [0.25, 0.3) is 11.6 Å². The van der Waals surface area contributed by atoms with Crippen LogP contribution in [-0.4, -0.2) is 64.9 Å². The van der Waals surface area contributed by atoms with Crippen LogP contribution in [0.4, 0.5) is 11.4 Å². The van der Waals surface area contributed by atoms with Gasteiger partial charge in [0.05, 0.1) is 4.92 Å². The Labute approximate surface area is 190 Å². The van der Waals surface area contributed by atoms with E-state index < -0.39 is 10.8 Å². The van der Waals surface area contributed by atoms with Gasteiger partial charge in [-0.05, 0) is 61.2 Å². The number of hydrogen-bond donors (Lipinski definition) is 2. The van der Waals surface area contributed by atoms with Crippen LogP contribution in [-0.2, 0) is 4.79 Å². The molecule has 1 aliphatic heterocycles. The molecule has 1 saturated heterocycles. The predicted octanol–water partition coefficient (Wildman–Crippen LogP) is 2.51. The van der Waals surface area contributed by atoms with Gasteiger partial charge < -0.3 is 15.1 Å². The molecule has 1 aliphatic rings. The molecule has 2 aromatic carbocycles. The molecule has 10 heteroatoms. The van der Waals surface area contributed by atoms with Crippen molar-refractivity contribution in [3.63, 3.8) is 0 Å². The van der Waals surface area contributed by atoms with Gasteiger partial charge in [-0.15, -0.1) is 0 Å². The van der Waals surface area contributed by atoms with E-state index in [1.807, 2.05) is 11.9 Å². The molecule has 0 aliphatic carbocycles. The lowest BCUT2D eigenvalue weighted by molar-refractivity contribution is -0.384. The van der Waals surface area contributed by atoms with Gasteiger partial charge in [-0.1, -0.05) is 6.07 Å². The number of non-ortho nitro benzene ring substituents is 1. The number of carbonyl (C=O) groups excluding carboxylic acids is 2. The summed E-state index contributed by atoms with van der Waals surface area (Å²) in [6.45, 7) is 3.05. The van der Waals surface area contributed by atoms with E-state index in [9.17, 15) is 19.7 Å². The lowest BCUT2D eigenvalue weighted by Gasteiger charge is -2.32. The minimum atomic E-state index is -0.488. The summed E-state index contributed by atoms with van der Waals surface area (Å²) in [6, 6.07) is 12.8. The molecule has 166 valence electrons. The van der Waals surface area contributed by atoms with Crippen molar-refractivity contribution in [3.8, 4) is 0 Å². The Morgan fingerprint density at radius 2 is 1.78 bits per heavy atom. The lowest BCUT2D eigenvalue weighted by atomic mass is 10.1. The van der Waals surface area contributed by atoms with Crippen molar-refractivity contribution in [3.05, 3.63) is 75.8 Å². The second-order valence-corrected chi connectivity index (χ2v) is 7.71. The molecule has 0 spiro atoms. The van der Waals surface area contributed by atoms with Gasteiger partial charge in [-0.25, -0.2) is 0 Å². The van der Waals surface area contributed by atoms with Gasteiger partial charge in [-0.3, -0.25) is 25.0 Å². The van der Waals surface area contributed by atoms with Crippen LogP contribution in [0.3, 0.4) is 0 Å². The molecule has 0 unspecified atom stereocenters. The van der Waals surface area contributed by atoms with E-state index in [2.05, 4.69) is 15.5 Å². The molecule has 32 heavy (non-hydrogen) atoms. The number of nitro groups is 1. The van der Waals surface area contributed by atoms with E-state index in [0.29, 0.717) is 29.9 Å². The standard InChI is InChI=1S/C22H23N5O4S/c1-25-11-13-26(14-12-25)21(29)17-3-2-4-18(15-17)23-22(32)24-20(28)10-7-16-5-8-19(9-6-16)27(30)31/h2-10,15H,11-14H2,1H3,(H2,23,24,28,32)/b10-7+. The fourth-order valence-electron chi connectivity index (χ4n) is 3.12. The largest absolute Gasteiger partial charge is 0.336 e. The maximum absolute atomic E-state index is 12.7. The van der Waals surface area contributed by atoms with Crippen LogP contribution in [0, 0.1) is 10.1 Å². The van der Waals surface area contributed by atoms with E-state index in [4.69, 9.17) is 12.2 Å². The Bertz CT molecular complexity index is 1050. The quantitative estimate of drug-likeness (QED) is 0.310. The van der Waals surface area contributed by atoms with Crippen molar-refractivity contribution in [2.24, 2.45) is 0 Å². The number of piperazine rings is 1. The molecule has 0 saturated carbocycles. The first-order valence-electron chi connectivity index (χ1n) is 9.94. The van der Waals surface area contributed by atoms with Gasteiger partial charge in [0.1, 0.15) is 0 Å². The topological polar surface area (TPSA) is 108 Å². The van der Waals surface area contributed by atoms with Crippen molar-refractivity contribution in [2.75, 3.05) is 38.5 Å². The number of nitro benzene ring substituents is 1. The first-order chi connectivity index (χ1) is 15.3. The Morgan fingerprint density at radius 3 is 2.44 bits per heavy atom. The third kappa shape index (κ3) is 6.43. The molecule has 2 N–H and O–H groups in total. The third-order valence-corrected chi connectivity index (χ3v) is 5.13. The minimum absolute atomic E-state index is 0.0229. The summed E-state index contributed by atoms with van der Waals surface area (Å²) in [7, 11) is 2.03. The van der Waals surface area contributed by atoms with Gasteiger partial charge in [0, 0.05) is 55.6 Å². The number of hydrogen-bond acceptors (Lipinski definition) is 6. The number of carbonyl (C=O) groups is 2. The first-order valence-corrected chi connectivity index (χ1v) is 10.3. The van der Waals surface area contributed by atoms with Crippen molar-refractivity contribution in [1.82, 2.24) is 15.1 Å². The highest BCUT2D eigenvalue weighted by atomic mass is 32.1. The number of nitrogens with zero attached hydrogens (tertiary/aromatic N) is 3. The summed E-state index contributed by atoms with van der Waals surface area (Å²) in [5, 5.41) is 16.2. The minimum Gasteiger partial charge on any atom is -0.336 e. The molecular formula is C22H23N5O4S. The summed E-state index contributed by atoms with van der Waals surface area (Å²) in [6.07, 6.45) is 2.81. The summed E-state index contributed by atoms with van der Waals surface area (Å²) in [5.74, 6) is -0.492. The van der Waals surface area contributed by atoms with Gasteiger partial charge >= 0.3 is 0 Å². The van der Waals surface area contributed by atoms with Gasteiger partial charge in [0.2, 0.25) is 5.91 Å². The molecular weight excluding hydrogens is 430 g/mol. The lowest BCUT2D eigenvalue weighted by Crippen LogP contribution is -2.47. The number of rotatable bonds is 5. The molecule has 0 atom stereocenters. The predicted molar refractivity (Wildman–Crippen MR) is 126 cm³/mol. The van der Waals surface area contributed by atoms with Crippen molar-refractivity contribution in [2.45, 2.75) is 0 Å². The van der Waals surface area contributed by atoms with Crippen LogP contribution in [0.25, 0.3) is 6.08 Å². The molecule has 0 bridgehead atoms. The van der Waals surface area contributed by atoms with E-state index in [0.717, 1.165) is 13.1 Å². The van der Waals surface area contributed by atoms with E-state index >= 15 is 0 Å². The Kier molecular flexibility index (Phi) is 7.63. The van der Waals surface area contributed by atoms with E-state index in [-0.39, 0.29) is 16.7 Å². The van der Waals surface area contributed by atoms with E-state index in [1.54, 1.807) is 36.4 Å². The summed E-state index contributed by atoms with van der Waals surface area (Å²) in [4.78, 5) is 39.0. The van der Waals surface area contributed by atoms with Crippen LogP contribution in [0.1, 0.15) is 15.9 Å². The Hall–Kier alpha value is -3.63. The van der Waals surface area contributed by atoms with Gasteiger partial charge in [-0.2, -0.15) is 0 Å². The molecule has 9 nitrogen and oxygen atoms in total. The summed E-state index contributed by atoms with van der Waals surface area (Å²) >= 11 is 5.18. The maximum atomic E-state index is 12.7. The van der Waals surface area contributed by atoms with Crippen LogP contribution in [0.2, 0.25) is 0 Å². The molecule has 0 radical (unpaired) electrons. The van der Waals surface area contributed by atoms with Crippen molar-refractivity contribution >= 4 is 46.6 Å². The SMILES string of the molecule is CN1CCN(C(=O)c2cccc(NC(=S)NC(=O)/C=C/c3ccc([N+](=O)[O-])cc3)c2)CC1. The number of thiocarbonyl (C=S) groups is 1.